The number of benzene rings is 1. The molecule has 2 nitrogen and oxygen atoms in total. The third-order valence-corrected chi connectivity index (χ3v) is 4.29. The van der Waals surface area contributed by atoms with Gasteiger partial charge in [0.2, 0.25) is 0 Å². The second kappa shape index (κ2) is 9.08. The molecule has 0 aliphatic heterocycles. The molecule has 0 aromatic heterocycles. The first-order chi connectivity index (χ1) is 8.59. The molecule has 4 heteroatoms. The Hall–Kier alpha value is 0.1000. The zero-order valence-electron chi connectivity index (χ0n) is 11.0. The molecule has 18 heavy (non-hydrogen) atoms. The molecule has 0 saturated carbocycles. The molecule has 1 aromatic carbocycles. The van der Waals surface area contributed by atoms with Gasteiger partial charge in [0.25, 0.3) is 0 Å². The van der Waals surface area contributed by atoms with Gasteiger partial charge in [0.1, 0.15) is 0 Å². The van der Waals surface area contributed by atoms with Crippen LogP contribution >= 0.6 is 31.9 Å². The van der Waals surface area contributed by atoms with Crippen LogP contribution in [0, 0.1) is 5.92 Å². The molecule has 0 radical (unpaired) electrons. The molecular formula is C14H21Br2NO. The van der Waals surface area contributed by atoms with E-state index in [0.29, 0.717) is 5.92 Å². The van der Waals surface area contributed by atoms with E-state index in [2.05, 4.69) is 69.2 Å². The molecule has 1 N–H and O–H groups in total. The molecule has 0 aliphatic carbocycles. The van der Waals surface area contributed by atoms with Crippen LogP contribution in [-0.4, -0.2) is 19.8 Å². The summed E-state index contributed by atoms with van der Waals surface area (Å²) in [6, 6.07) is 6.32. The Bertz CT molecular complexity index is 356. The maximum absolute atomic E-state index is 5.53. The number of halogens is 2. The minimum atomic E-state index is 0.623. The first-order valence-electron chi connectivity index (χ1n) is 6.32. The van der Waals surface area contributed by atoms with E-state index in [4.69, 9.17) is 4.74 Å². The Morgan fingerprint density at radius 3 is 2.67 bits per heavy atom. The maximum Gasteiger partial charge on any atom is 0.0489 e. The Labute approximate surface area is 127 Å². The highest BCUT2D eigenvalue weighted by Crippen LogP contribution is 2.23. The van der Waals surface area contributed by atoms with Gasteiger partial charge < -0.3 is 10.1 Å². The molecule has 0 fully saturated rings. The molecule has 1 rings (SSSR count). The number of hydrogen-bond acceptors (Lipinski definition) is 2. The van der Waals surface area contributed by atoms with E-state index in [-0.39, 0.29) is 0 Å². The van der Waals surface area contributed by atoms with Gasteiger partial charge in [-0.15, -0.1) is 0 Å². The first kappa shape index (κ1) is 16.2. The highest BCUT2D eigenvalue weighted by atomic mass is 79.9. The lowest BCUT2D eigenvalue weighted by Gasteiger charge is -2.08. The third kappa shape index (κ3) is 6.88. The fourth-order valence-electron chi connectivity index (χ4n) is 1.50. The van der Waals surface area contributed by atoms with Gasteiger partial charge in [-0.05, 0) is 68.4 Å². The van der Waals surface area contributed by atoms with Crippen molar-refractivity contribution in [2.75, 3.05) is 19.8 Å². The molecule has 0 heterocycles. The lowest BCUT2D eigenvalue weighted by Crippen LogP contribution is -2.17. The van der Waals surface area contributed by atoms with E-state index < -0.39 is 0 Å². The van der Waals surface area contributed by atoms with Crippen LogP contribution in [0.25, 0.3) is 0 Å². The Kier molecular flexibility index (Phi) is 8.15. The molecule has 0 bridgehead atoms. The highest BCUT2D eigenvalue weighted by molar-refractivity contribution is 9.13. The summed E-state index contributed by atoms with van der Waals surface area (Å²) in [5.74, 6) is 0.623. The van der Waals surface area contributed by atoms with Crippen molar-refractivity contribution in [3.8, 4) is 0 Å². The summed E-state index contributed by atoms with van der Waals surface area (Å²) >= 11 is 6.98. The van der Waals surface area contributed by atoms with Crippen LogP contribution in [0.5, 0.6) is 0 Å². The van der Waals surface area contributed by atoms with Crippen molar-refractivity contribution in [2.24, 2.45) is 5.92 Å². The zero-order valence-corrected chi connectivity index (χ0v) is 14.2. The van der Waals surface area contributed by atoms with Crippen LogP contribution in [-0.2, 0) is 11.3 Å². The minimum absolute atomic E-state index is 0.623. The van der Waals surface area contributed by atoms with Crippen molar-refractivity contribution >= 4 is 31.9 Å². The van der Waals surface area contributed by atoms with Gasteiger partial charge in [-0.25, -0.2) is 0 Å². The van der Waals surface area contributed by atoms with Crippen molar-refractivity contribution < 1.29 is 4.74 Å². The maximum atomic E-state index is 5.53. The fraction of sp³-hybridized carbons (Fsp3) is 0.571. The Morgan fingerprint density at radius 2 is 2.00 bits per heavy atom. The topological polar surface area (TPSA) is 21.3 Å². The quantitative estimate of drug-likeness (QED) is 0.678. The molecule has 0 atom stereocenters. The summed E-state index contributed by atoms with van der Waals surface area (Å²) in [5, 5.41) is 3.42. The van der Waals surface area contributed by atoms with Crippen LogP contribution < -0.4 is 5.32 Å². The van der Waals surface area contributed by atoms with Gasteiger partial charge >= 0.3 is 0 Å². The summed E-state index contributed by atoms with van der Waals surface area (Å²) < 4.78 is 7.72. The predicted octanol–water partition coefficient (Wildman–Crippen LogP) is 4.36. The van der Waals surface area contributed by atoms with Gasteiger partial charge in [0, 0.05) is 28.7 Å². The average Bonchev–Trinajstić information content (AvgIpc) is 2.32. The number of nitrogens with one attached hydrogen (secondary N) is 1. The SMILES string of the molecule is CC(C)COCCCNCc1ccc(Br)c(Br)c1. The fourth-order valence-corrected chi connectivity index (χ4v) is 2.17. The molecular weight excluding hydrogens is 358 g/mol. The zero-order chi connectivity index (χ0) is 13.4. The largest absolute Gasteiger partial charge is 0.381 e. The van der Waals surface area contributed by atoms with Crippen molar-refractivity contribution in [1.82, 2.24) is 5.32 Å². The molecule has 0 amide bonds. The lowest BCUT2D eigenvalue weighted by atomic mass is 10.2. The second-order valence-corrected chi connectivity index (χ2v) is 6.46. The van der Waals surface area contributed by atoms with Gasteiger partial charge in [-0.2, -0.15) is 0 Å². The van der Waals surface area contributed by atoms with Crippen molar-refractivity contribution in [3.63, 3.8) is 0 Å². The number of rotatable bonds is 8. The molecule has 1 aromatic rings. The summed E-state index contributed by atoms with van der Waals surface area (Å²) in [4.78, 5) is 0. The van der Waals surface area contributed by atoms with Crippen LogP contribution in [0.15, 0.2) is 27.1 Å². The normalized spacial score (nSPS) is 11.2. The highest BCUT2D eigenvalue weighted by Gasteiger charge is 1.98. The van der Waals surface area contributed by atoms with E-state index >= 15 is 0 Å². The van der Waals surface area contributed by atoms with Gasteiger partial charge in [0.05, 0.1) is 0 Å². The van der Waals surface area contributed by atoms with E-state index in [9.17, 15) is 0 Å². The van der Waals surface area contributed by atoms with E-state index in [1.165, 1.54) is 5.56 Å². The molecule has 0 unspecified atom stereocenters. The number of hydrogen-bond donors (Lipinski definition) is 1. The minimum Gasteiger partial charge on any atom is -0.381 e. The smallest absolute Gasteiger partial charge is 0.0489 e. The van der Waals surface area contributed by atoms with Crippen molar-refractivity contribution in [2.45, 2.75) is 26.8 Å². The molecule has 0 aliphatic rings. The summed E-state index contributed by atoms with van der Waals surface area (Å²) in [7, 11) is 0. The second-order valence-electron chi connectivity index (χ2n) is 4.75. The van der Waals surface area contributed by atoms with Crippen LogP contribution in [0.1, 0.15) is 25.8 Å². The van der Waals surface area contributed by atoms with Gasteiger partial charge in [0.15, 0.2) is 0 Å². The Morgan fingerprint density at radius 1 is 1.22 bits per heavy atom. The number of ether oxygens (including phenoxy) is 1. The molecule has 102 valence electrons. The Balaban J connectivity index is 2.09. The van der Waals surface area contributed by atoms with Crippen molar-refractivity contribution in [1.29, 1.82) is 0 Å². The lowest BCUT2D eigenvalue weighted by molar-refractivity contribution is 0.108. The summed E-state index contributed by atoms with van der Waals surface area (Å²) in [5.41, 5.74) is 1.29. The summed E-state index contributed by atoms with van der Waals surface area (Å²) in [6.07, 6.45) is 1.06. The van der Waals surface area contributed by atoms with Crippen LogP contribution in [0.4, 0.5) is 0 Å². The van der Waals surface area contributed by atoms with E-state index in [1.54, 1.807) is 0 Å². The van der Waals surface area contributed by atoms with Crippen LogP contribution in [0.3, 0.4) is 0 Å². The molecule has 0 saturated heterocycles. The van der Waals surface area contributed by atoms with E-state index in [1.807, 2.05) is 0 Å². The van der Waals surface area contributed by atoms with Gasteiger partial charge in [-0.3, -0.25) is 0 Å². The average molecular weight is 379 g/mol. The van der Waals surface area contributed by atoms with Crippen molar-refractivity contribution in [3.05, 3.63) is 32.7 Å². The van der Waals surface area contributed by atoms with Crippen LogP contribution in [0.2, 0.25) is 0 Å². The standard InChI is InChI=1S/C14H21Br2NO/c1-11(2)10-18-7-3-6-17-9-12-4-5-13(15)14(16)8-12/h4-5,8,11,17H,3,6-7,9-10H2,1-2H3. The molecule has 0 spiro atoms. The first-order valence-corrected chi connectivity index (χ1v) is 7.90. The summed E-state index contributed by atoms with van der Waals surface area (Å²) in [6.45, 7) is 7.93. The predicted molar refractivity (Wildman–Crippen MR) is 83.8 cm³/mol. The van der Waals surface area contributed by atoms with Gasteiger partial charge in [-0.1, -0.05) is 19.9 Å². The third-order valence-electron chi connectivity index (χ3n) is 2.41. The monoisotopic (exact) mass is 377 g/mol. The van der Waals surface area contributed by atoms with E-state index in [0.717, 1.165) is 41.7 Å².